The summed E-state index contributed by atoms with van der Waals surface area (Å²) in [5.41, 5.74) is 7.67. The van der Waals surface area contributed by atoms with Gasteiger partial charge in [-0.2, -0.15) is 11.8 Å². The second kappa shape index (κ2) is 5.94. The van der Waals surface area contributed by atoms with E-state index in [9.17, 15) is 0 Å². The van der Waals surface area contributed by atoms with E-state index >= 15 is 0 Å². The quantitative estimate of drug-likeness (QED) is 0.847. The van der Waals surface area contributed by atoms with Gasteiger partial charge in [-0.25, -0.2) is 0 Å². The van der Waals surface area contributed by atoms with Crippen LogP contribution >= 0.6 is 35.6 Å². The second-order valence-electron chi connectivity index (χ2n) is 3.95. The van der Waals surface area contributed by atoms with Crippen molar-refractivity contribution in [1.82, 2.24) is 0 Å². The van der Waals surface area contributed by atoms with Gasteiger partial charge in [-0.3, -0.25) is 0 Å². The molecule has 2 nitrogen and oxygen atoms in total. The summed E-state index contributed by atoms with van der Waals surface area (Å²) in [7, 11) is 0. The molecule has 1 aliphatic rings. The van der Waals surface area contributed by atoms with Crippen molar-refractivity contribution >= 4 is 46.3 Å². The van der Waals surface area contributed by atoms with E-state index in [0.717, 1.165) is 30.1 Å². The highest BCUT2D eigenvalue weighted by Crippen LogP contribution is 2.29. The van der Waals surface area contributed by atoms with Gasteiger partial charge in [0, 0.05) is 24.5 Å². The Morgan fingerprint density at radius 1 is 1.35 bits per heavy atom. The zero-order valence-corrected chi connectivity index (χ0v) is 11.9. The first kappa shape index (κ1) is 13.0. The first-order chi connectivity index (χ1) is 8.20. The number of hydrogen-bond donors (Lipinski definition) is 1. The molecule has 17 heavy (non-hydrogen) atoms. The number of thiocarbonyl (C=S) groups is 1. The summed E-state index contributed by atoms with van der Waals surface area (Å²) in [4.78, 5) is 2.71. The van der Waals surface area contributed by atoms with Crippen molar-refractivity contribution in [2.45, 2.75) is 6.42 Å². The Hall–Kier alpha value is -0.450. The number of thioether (sulfide) groups is 1. The highest BCUT2D eigenvalue weighted by molar-refractivity contribution is 7.99. The van der Waals surface area contributed by atoms with Crippen molar-refractivity contribution < 1.29 is 0 Å². The van der Waals surface area contributed by atoms with E-state index in [2.05, 4.69) is 11.0 Å². The smallest absolute Gasteiger partial charge is 0.107 e. The van der Waals surface area contributed by atoms with Crippen LogP contribution in [0.25, 0.3) is 0 Å². The van der Waals surface area contributed by atoms with Crippen LogP contribution in [0.4, 0.5) is 5.69 Å². The molecule has 1 saturated heterocycles. The predicted molar refractivity (Wildman–Crippen MR) is 81.5 cm³/mol. The fraction of sp³-hybridized carbons (Fsp3) is 0.417. The van der Waals surface area contributed by atoms with Crippen LogP contribution in [0, 0.1) is 0 Å². The Morgan fingerprint density at radius 3 is 2.94 bits per heavy atom. The van der Waals surface area contributed by atoms with E-state index < -0.39 is 0 Å². The van der Waals surface area contributed by atoms with Gasteiger partial charge < -0.3 is 10.6 Å². The highest BCUT2D eigenvalue weighted by Gasteiger charge is 2.16. The predicted octanol–water partition coefficient (Wildman–Crippen LogP) is 2.92. The molecule has 0 atom stereocenters. The summed E-state index contributed by atoms with van der Waals surface area (Å²) in [6.07, 6.45) is 1.19. The van der Waals surface area contributed by atoms with Crippen molar-refractivity contribution in [1.29, 1.82) is 0 Å². The normalized spacial score (nSPS) is 16.6. The molecule has 1 aromatic carbocycles. The monoisotopic (exact) mass is 286 g/mol. The minimum Gasteiger partial charge on any atom is -0.389 e. The van der Waals surface area contributed by atoms with E-state index in [-0.39, 0.29) is 0 Å². The largest absolute Gasteiger partial charge is 0.389 e. The van der Waals surface area contributed by atoms with Crippen molar-refractivity contribution in [3.05, 3.63) is 28.8 Å². The Morgan fingerprint density at radius 2 is 2.18 bits per heavy atom. The molecule has 0 unspecified atom stereocenters. The van der Waals surface area contributed by atoms with E-state index in [1.165, 1.54) is 12.2 Å². The molecule has 92 valence electrons. The molecule has 2 N–H and O–H groups in total. The Kier molecular flexibility index (Phi) is 4.54. The molecule has 2 rings (SSSR count). The summed E-state index contributed by atoms with van der Waals surface area (Å²) in [6.45, 7) is 2.07. The molecule has 1 aliphatic heterocycles. The Labute approximate surface area is 117 Å². The summed E-state index contributed by atoms with van der Waals surface area (Å²) in [5, 5.41) is 0.645. The standard InChI is InChI=1S/C12H15ClN2S2/c13-9-3-1-4-10(11(9)12(14)16)15-5-2-7-17-8-6-15/h1,3-4H,2,5-8H2,(H2,14,16). The van der Waals surface area contributed by atoms with Gasteiger partial charge in [0.25, 0.3) is 0 Å². The lowest BCUT2D eigenvalue weighted by Crippen LogP contribution is -2.28. The second-order valence-corrected chi connectivity index (χ2v) is 6.02. The molecule has 1 aromatic rings. The summed E-state index contributed by atoms with van der Waals surface area (Å²) < 4.78 is 0. The van der Waals surface area contributed by atoms with E-state index in [1.54, 1.807) is 0 Å². The van der Waals surface area contributed by atoms with Gasteiger partial charge in [0.2, 0.25) is 0 Å². The molecular weight excluding hydrogens is 272 g/mol. The molecule has 0 bridgehead atoms. The van der Waals surface area contributed by atoms with Gasteiger partial charge in [-0.15, -0.1) is 0 Å². The van der Waals surface area contributed by atoms with Gasteiger partial charge in [0.1, 0.15) is 4.99 Å². The third kappa shape index (κ3) is 3.06. The van der Waals surface area contributed by atoms with Crippen LogP contribution in [-0.2, 0) is 0 Å². The molecule has 1 fully saturated rings. The maximum atomic E-state index is 6.19. The van der Waals surface area contributed by atoms with Crippen molar-refractivity contribution in [2.75, 3.05) is 29.5 Å². The lowest BCUT2D eigenvalue weighted by atomic mass is 10.1. The van der Waals surface area contributed by atoms with Crippen molar-refractivity contribution in [2.24, 2.45) is 5.73 Å². The molecule has 5 heteroatoms. The van der Waals surface area contributed by atoms with Crippen LogP contribution in [-0.4, -0.2) is 29.6 Å². The van der Waals surface area contributed by atoms with E-state index in [1.807, 2.05) is 23.9 Å². The van der Waals surface area contributed by atoms with Crippen LogP contribution in [0.3, 0.4) is 0 Å². The number of benzene rings is 1. The van der Waals surface area contributed by atoms with Crippen molar-refractivity contribution in [3.8, 4) is 0 Å². The van der Waals surface area contributed by atoms with E-state index in [4.69, 9.17) is 29.6 Å². The molecular formula is C12H15ClN2S2. The van der Waals surface area contributed by atoms with Crippen LogP contribution in [0.2, 0.25) is 5.02 Å². The lowest BCUT2D eigenvalue weighted by Gasteiger charge is -2.25. The first-order valence-corrected chi connectivity index (χ1v) is 7.55. The number of anilines is 1. The molecule has 0 saturated carbocycles. The minimum atomic E-state index is 0.377. The SMILES string of the molecule is NC(=S)c1c(Cl)cccc1N1CCCSCC1. The summed E-state index contributed by atoms with van der Waals surface area (Å²) in [6, 6.07) is 5.85. The van der Waals surface area contributed by atoms with Gasteiger partial charge in [0.05, 0.1) is 10.6 Å². The third-order valence-corrected chi connectivity index (χ3v) is 4.37. The maximum absolute atomic E-state index is 6.19. The van der Waals surface area contributed by atoms with Gasteiger partial charge in [-0.1, -0.05) is 29.9 Å². The topological polar surface area (TPSA) is 29.3 Å². The van der Waals surface area contributed by atoms with Crippen LogP contribution in [0.15, 0.2) is 18.2 Å². The molecule has 0 radical (unpaired) electrons. The molecule has 0 spiro atoms. The van der Waals surface area contributed by atoms with Crippen LogP contribution < -0.4 is 10.6 Å². The third-order valence-electron chi connectivity index (χ3n) is 2.80. The summed E-state index contributed by atoms with van der Waals surface area (Å²) >= 11 is 13.3. The maximum Gasteiger partial charge on any atom is 0.107 e. The number of nitrogens with zero attached hydrogens (tertiary/aromatic N) is 1. The average Bonchev–Trinajstić information content (AvgIpc) is 2.56. The molecule has 0 amide bonds. The zero-order valence-electron chi connectivity index (χ0n) is 9.49. The number of halogens is 1. The Bertz CT molecular complexity index is 415. The van der Waals surface area contributed by atoms with Crippen LogP contribution in [0.1, 0.15) is 12.0 Å². The lowest BCUT2D eigenvalue weighted by molar-refractivity contribution is 0.815. The molecule has 0 aliphatic carbocycles. The summed E-state index contributed by atoms with van der Waals surface area (Å²) in [5.74, 6) is 2.36. The molecule has 1 heterocycles. The molecule has 0 aromatic heterocycles. The first-order valence-electron chi connectivity index (χ1n) is 5.61. The number of hydrogen-bond acceptors (Lipinski definition) is 3. The fourth-order valence-electron chi connectivity index (χ4n) is 2.01. The van der Waals surface area contributed by atoms with Gasteiger partial charge in [0.15, 0.2) is 0 Å². The van der Waals surface area contributed by atoms with Crippen molar-refractivity contribution in [3.63, 3.8) is 0 Å². The van der Waals surface area contributed by atoms with Crippen LogP contribution in [0.5, 0.6) is 0 Å². The number of nitrogens with two attached hydrogens (primary N) is 1. The van der Waals surface area contributed by atoms with Gasteiger partial charge in [-0.05, 0) is 24.3 Å². The van der Waals surface area contributed by atoms with E-state index in [0.29, 0.717) is 10.0 Å². The van der Waals surface area contributed by atoms with Gasteiger partial charge >= 0.3 is 0 Å². The Balaban J connectivity index is 2.36. The minimum absolute atomic E-state index is 0.377. The number of rotatable bonds is 2. The zero-order chi connectivity index (χ0) is 12.3. The fourth-order valence-corrected chi connectivity index (χ4v) is 3.44. The highest BCUT2D eigenvalue weighted by atomic mass is 35.5. The average molecular weight is 287 g/mol.